The van der Waals surface area contributed by atoms with E-state index in [2.05, 4.69) is 17.1 Å². The van der Waals surface area contributed by atoms with E-state index in [0.717, 1.165) is 36.2 Å². The van der Waals surface area contributed by atoms with E-state index >= 15 is 0 Å². The number of nitrogens with zero attached hydrogens (tertiary/aromatic N) is 3. The molecule has 1 aromatic carbocycles. The second kappa shape index (κ2) is 11.0. The van der Waals surface area contributed by atoms with Gasteiger partial charge in [-0.15, -0.1) is 0 Å². The van der Waals surface area contributed by atoms with Crippen molar-refractivity contribution >= 4 is 36.1 Å². The number of rotatable bonds is 8. The zero-order chi connectivity index (χ0) is 32.7. The Hall–Kier alpha value is -3.15. The van der Waals surface area contributed by atoms with Gasteiger partial charge in [0.05, 0.1) is 0 Å². The van der Waals surface area contributed by atoms with Crippen molar-refractivity contribution in [3.63, 3.8) is 0 Å². The van der Waals surface area contributed by atoms with Crippen LogP contribution in [0.2, 0.25) is 0 Å². The zero-order valence-corrected chi connectivity index (χ0v) is 27.3. The molecule has 5 N–H and O–H groups in total. The molecule has 5 aliphatic carbocycles. The molecule has 0 aromatic heterocycles. The van der Waals surface area contributed by atoms with Crippen LogP contribution in [0.3, 0.4) is 0 Å². The molecule has 3 saturated carbocycles. The molecule has 0 aliphatic heterocycles. The Bertz CT molecular complexity index is 1540. The Morgan fingerprint density at radius 2 is 1.80 bits per heavy atom. The predicted octanol–water partition coefficient (Wildman–Crippen LogP) is 2.22. The molecule has 1 amide bonds. The van der Waals surface area contributed by atoms with Crippen LogP contribution in [0.5, 0.6) is 5.75 Å². The minimum atomic E-state index is -2.35. The summed E-state index contributed by atoms with van der Waals surface area (Å²) in [6, 6.07) is 0.835. The number of hydrogen-bond donors (Lipinski definition) is 5. The number of carbonyl (C=O) groups excluding carboxylic acids is 2. The Morgan fingerprint density at radius 1 is 1.13 bits per heavy atom. The number of fused-ring (bicyclic) bond motifs is 3. The van der Waals surface area contributed by atoms with Crippen molar-refractivity contribution in [2.75, 3.05) is 46.7 Å². The molecule has 3 fully saturated rings. The van der Waals surface area contributed by atoms with Crippen molar-refractivity contribution < 1.29 is 30.0 Å². The third kappa shape index (κ3) is 4.76. The number of carbonyl (C=O) groups is 2. The number of Topliss-reactive ketones (excluding diaryl/α,β-unsaturated/α-hetero) is 1. The third-order valence-electron chi connectivity index (χ3n) is 11.3. The molecule has 6 rings (SSSR count). The van der Waals surface area contributed by atoms with Crippen molar-refractivity contribution in [1.29, 1.82) is 0 Å². The number of aliphatic hydroxyl groups is 3. The summed E-state index contributed by atoms with van der Waals surface area (Å²) in [6.45, 7) is 4.02. The van der Waals surface area contributed by atoms with Gasteiger partial charge in [0.25, 0.3) is 0 Å². The van der Waals surface area contributed by atoms with E-state index in [1.165, 1.54) is 26.3 Å². The molecule has 4 atom stereocenters. The molecule has 0 bridgehead atoms. The zero-order valence-electron chi connectivity index (χ0n) is 27.3. The van der Waals surface area contributed by atoms with Crippen LogP contribution in [0.15, 0.2) is 23.0 Å². The Balaban J connectivity index is 1.47. The number of ketones is 1. The van der Waals surface area contributed by atoms with Crippen molar-refractivity contribution in [2.24, 2.45) is 17.8 Å². The van der Waals surface area contributed by atoms with Crippen LogP contribution in [0.25, 0.3) is 5.76 Å². The van der Waals surface area contributed by atoms with E-state index in [1.54, 1.807) is 25.1 Å². The maximum absolute atomic E-state index is 14.4. The van der Waals surface area contributed by atoms with Crippen LogP contribution < -0.4 is 10.2 Å². The molecule has 1 aromatic rings. The number of amides is 1. The van der Waals surface area contributed by atoms with Crippen LogP contribution >= 0.6 is 0 Å². The molecule has 241 valence electrons. The van der Waals surface area contributed by atoms with E-state index in [1.807, 2.05) is 19.0 Å². The Morgan fingerprint density at radius 3 is 2.33 bits per heavy atom. The van der Waals surface area contributed by atoms with Crippen molar-refractivity contribution in [3.05, 3.63) is 39.7 Å². The van der Waals surface area contributed by atoms with Crippen molar-refractivity contribution in [3.8, 4) is 5.75 Å². The molecular formula is C34H46BN4O6. The summed E-state index contributed by atoms with van der Waals surface area (Å²) in [6.07, 6.45) is 6.55. The summed E-state index contributed by atoms with van der Waals surface area (Å²) in [5.74, 6) is -3.02. The topological polar surface area (TPSA) is 137 Å². The first-order chi connectivity index (χ1) is 21.1. The average Bonchev–Trinajstić information content (AvgIpc) is 3.76. The van der Waals surface area contributed by atoms with Gasteiger partial charge in [-0.25, -0.2) is 0 Å². The second-order valence-corrected chi connectivity index (χ2v) is 14.6. The number of phenolic OH excluding ortho intramolecular Hbond substituents is 1. The second-order valence-electron chi connectivity index (χ2n) is 14.6. The molecule has 45 heavy (non-hydrogen) atoms. The molecule has 11 heteroatoms. The molecule has 10 nitrogen and oxygen atoms in total. The first-order valence-electron chi connectivity index (χ1n) is 16.1. The predicted molar refractivity (Wildman–Crippen MR) is 175 cm³/mol. The fourth-order valence-electron chi connectivity index (χ4n) is 8.55. The van der Waals surface area contributed by atoms with Crippen molar-refractivity contribution in [1.82, 2.24) is 15.1 Å². The molecular weight excluding hydrogens is 571 g/mol. The third-order valence-corrected chi connectivity index (χ3v) is 11.3. The molecule has 0 heterocycles. The fraction of sp³-hybridized carbons (Fsp3) is 0.618. The number of benzene rings is 1. The molecule has 0 unspecified atom stereocenters. The fourth-order valence-corrected chi connectivity index (χ4v) is 8.55. The van der Waals surface area contributed by atoms with Crippen LogP contribution in [-0.2, 0) is 22.6 Å². The number of aliphatic hydroxyl groups excluding tert-OH is 2. The first kappa shape index (κ1) is 31.8. The standard InChI is InChI=1S/C34H46BN4O6/c1-33(10-7-11-33)39(15-17-8-9-17)16-19-14-22(40)24-20(26(19)37(3)4)12-18-13-21-27(38(5)6)29(42)25(32(44)36-2)30(35)34(21,45)31(43)23(18)28(24)41/h14,17-18,21,27,40-42,45H,7-13,15-16H2,1-6H3,(H,36,44)/t18-,21-,27-,34+/m0/s1. The van der Waals surface area contributed by atoms with Gasteiger partial charge in [0.1, 0.15) is 0 Å². The molecule has 1 radical (unpaired) electrons. The SMILES string of the molecule is [B]=C1C(C(=O)NC)=C(O)[C@@H](N(C)C)[C@@H]2C[C@@H]3Cc4c(c(O)cc(CN(CC5CC5)C5(C)CCC5)c4N(C)C)C(O)=C3C(=O)[C@]12O. The van der Waals surface area contributed by atoms with Gasteiger partial charge in [-0.3, -0.25) is 0 Å². The summed E-state index contributed by atoms with van der Waals surface area (Å²) >= 11 is 0. The normalized spacial score (nSPS) is 28.9. The van der Waals surface area contributed by atoms with E-state index < -0.39 is 40.6 Å². The van der Waals surface area contributed by atoms with E-state index in [4.69, 9.17) is 7.49 Å². The van der Waals surface area contributed by atoms with Gasteiger partial charge in [-0.05, 0) is 44.9 Å². The van der Waals surface area contributed by atoms with Crippen LogP contribution in [0.4, 0.5) is 5.69 Å². The molecule has 0 spiro atoms. The maximum atomic E-state index is 14.4. The van der Waals surface area contributed by atoms with E-state index in [9.17, 15) is 30.0 Å². The van der Waals surface area contributed by atoms with E-state index in [0.29, 0.717) is 18.9 Å². The molecule has 5 aliphatic rings. The average molecular weight is 618 g/mol. The van der Waals surface area contributed by atoms with Gasteiger partial charge < -0.3 is 0 Å². The first-order valence-corrected chi connectivity index (χ1v) is 16.1. The van der Waals surface area contributed by atoms with E-state index in [-0.39, 0.29) is 45.9 Å². The summed E-state index contributed by atoms with van der Waals surface area (Å²) in [5.41, 5.74) is -0.185. The number of likely N-dealkylation sites (N-methyl/N-ethyl adjacent to an activating group) is 2. The van der Waals surface area contributed by atoms with Crippen molar-refractivity contribution in [2.45, 2.75) is 75.6 Å². The minimum absolute atomic E-state index is 0.00977. The Kier molecular flexibility index (Phi) is 7.77. The number of aromatic hydroxyl groups is 1. The summed E-state index contributed by atoms with van der Waals surface area (Å²) in [4.78, 5) is 33.4. The van der Waals surface area contributed by atoms with Crippen LogP contribution in [0.1, 0.15) is 62.1 Å². The monoisotopic (exact) mass is 617 g/mol. The van der Waals surface area contributed by atoms with Gasteiger partial charge in [0.2, 0.25) is 0 Å². The van der Waals surface area contributed by atoms with Gasteiger partial charge >= 0.3 is 222 Å². The van der Waals surface area contributed by atoms with Gasteiger partial charge in [-0.1, -0.05) is 0 Å². The van der Waals surface area contributed by atoms with Crippen LogP contribution in [0, 0.1) is 17.8 Å². The summed E-state index contributed by atoms with van der Waals surface area (Å²) in [5, 5.41) is 49.1. The number of nitrogens with one attached hydrogen (secondary N) is 1. The van der Waals surface area contributed by atoms with Gasteiger partial charge in [0.15, 0.2) is 0 Å². The summed E-state index contributed by atoms with van der Waals surface area (Å²) < 4.78 is 0. The number of anilines is 1. The summed E-state index contributed by atoms with van der Waals surface area (Å²) in [7, 11) is 15.1. The molecule has 0 saturated heterocycles. The number of hydrogen-bond acceptors (Lipinski definition) is 9. The van der Waals surface area contributed by atoms with Gasteiger partial charge in [-0.2, -0.15) is 0 Å². The van der Waals surface area contributed by atoms with Crippen LogP contribution in [-0.4, -0.2) is 114 Å². The Labute approximate surface area is 266 Å². The number of phenols is 1. The quantitative estimate of drug-likeness (QED) is 0.278. The van der Waals surface area contributed by atoms with Gasteiger partial charge in [0, 0.05) is 0 Å².